The third-order valence-electron chi connectivity index (χ3n) is 6.46. The molecule has 6 nitrogen and oxygen atoms in total. The number of nitrogens with zero attached hydrogens (tertiary/aromatic N) is 1. The molecule has 0 amide bonds. The number of carbonyl (C=O) groups excluding carboxylic acids is 1. The van der Waals surface area contributed by atoms with Gasteiger partial charge in [0.25, 0.3) is 0 Å². The molecule has 28 heavy (non-hydrogen) atoms. The summed E-state index contributed by atoms with van der Waals surface area (Å²) in [6.07, 6.45) is 6.55. The van der Waals surface area contributed by atoms with Crippen LogP contribution in [0.3, 0.4) is 0 Å². The lowest BCUT2D eigenvalue weighted by Crippen LogP contribution is -2.48. The zero-order valence-corrected chi connectivity index (χ0v) is 17.1. The van der Waals surface area contributed by atoms with E-state index in [1.165, 1.54) is 18.1 Å². The summed E-state index contributed by atoms with van der Waals surface area (Å²) in [6, 6.07) is 8.23. The molecule has 2 atom stereocenters. The van der Waals surface area contributed by atoms with Crippen LogP contribution in [0.1, 0.15) is 50.0 Å². The number of aromatic nitrogens is 1. The van der Waals surface area contributed by atoms with E-state index in [-0.39, 0.29) is 5.97 Å². The van der Waals surface area contributed by atoms with Gasteiger partial charge in [-0.05, 0) is 43.2 Å². The number of aromatic amines is 1. The zero-order chi connectivity index (χ0) is 19.7. The fourth-order valence-corrected chi connectivity index (χ4v) is 7.15. The van der Waals surface area contributed by atoms with E-state index in [9.17, 15) is 13.2 Å². The molecule has 0 spiro atoms. The summed E-state index contributed by atoms with van der Waals surface area (Å²) >= 11 is 0. The Morgan fingerprint density at radius 2 is 1.82 bits per heavy atom. The molecule has 1 aliphatic carbocycles. The first-order valence-corrected chi connectivity index (χ1v) is 11.7. The lowest BCUT2D eigenvalue weighted by atomic mass is 9.89. The van der Waals surface area contributed by atoms with Crippen molar-refractivity contribution in [2.24, 2.45) is 5.92 Å². The Balaban J connectivity index is 1.48. The molecule has 4 rings (SSSR count). The largest absolute Gasteiger partial charge is 0.469 e. The van der Waals surface area contributed by atoms with E-state index in [0.29, 0.717) is 31.8 Å². The molecule has 1 saturated heterocycles. The number of methoxy groups -OCH3 is 1. The van der Waals surface area contributed by atoms with Crippen LogP contribution in [-0.4, -0.2) is 49.1 Å². The lowest BCUT2D eigenvalue weighted by Gasteiger charge is -2.37. The number of nitrogens with one attached hydrogen (secondary N) is 1. The van der Waals surface area contributed by atoms with Crippen molar-refractivity contribution in [1.29, 1.82) is 0 Å². The van der Waals surface area contributed by atoms with E-state index in [1.807, 2.05) is 12.1 Å². The number of fused-ring (bicyclic) bond motifs is 1. The van der Waals surface area contributed by atoms with Crippen molar-refractivity contribution < 1.29 is 17.9 Å². The van der Waals surface area contributed by atoms with E-state index in [4.69, 9.17) is 4.74 Å². The Hall–Kier alpha value is -1.86. The molecule has 0 bridgehead atoms. The number of H-pyrrole nitrogens is 1. The Morgan fingerprint density at radius 1 is 1.11 bits per heavy atom. The highest BCUT2D eigenvalue weighted by molar-refractivity contribution is 7.89. The second-order valence-corrected chi connectivity index (χ2v) is 10.1. The number of rotatable bonds is 4. The van der Waals surface area contributed by atoms with Crippen LogP contribution in [0, 0.1) is 5.92 Å². The predicted molar refractivity (Wildman–Crippen MR) is 109 cm³/mol. The van der Waals surface area contributed by atoms with Gasteiger partial charge in [0.2, 0.25) is 10.0 Å². The van der Waals surface area contributed by atoms with E-state index >= 15 is 0 Å². The molecule has 1 aromatic carbocycles. The molecular formula is C21H28N2O4S. The normalized spacial score (nSPS) is 25.0. The van der Waals surface area contributed by atoms with Crippen molar-refractivity contribution in [1.82, 2.24) is 9.29 Å². The van der Waals surface area contributed by atoms with Crippen LogP contribution in [-0.2, 0) is 19.6 Å². The average Bonchev–Trinajstić information content (AvgIpc) is 3.17. The Kier molecular flexibility index (Phi) is 5.47. The molecule has 2 aromatic rings. The van der Waals surface area contributed by atoms with Crippen molar-refractivity contribution in [2.75, 3.05) is 20.2 Å². The fourth-order valence-electron chi connectivity index (χ4n) is 4.92. The second-order valence-electron chi connectivity index (χ2n) is 7.96. The molecule has 2 fully saturated rings. The third-order valence-corrected chi connectivity index (χ3v) is 8.88. The summed E-state index contributed by atoms with van der Waals surface area (Å²) in [5.41, 5.74) is 2.40. The molecular weight excluding hydrogens is 376 g/mol. The van der Waals surface area contributed by atoms with E-state index in [2.05, 4.69) is 23.3 Å². The lowest BCUT2D eigenvalue weighted by molar-refractivity contribution is -0.146. The first kappa shape index (κ1) is 19.5. The maximum atomic E-state index is 13.3. The van der Waals surface area contributed by atoms with Crippen molar-refractivity contribution in [2.45, 2.75) is 49.7 Å². The SMILES string of the molecule is COC(=O)[C@@H]1CCCC[C@@H]1S(=O)(=O)N1CCC(c2c[nH]c3ccccc23)CC1. The predicted octanol–water partition coefficient (Wildman–Crippen LogP) is 3.41. The van der Waals surface area contributed by atoms with Crippen LogP contribution in [0.5, 0.6) is 0 Å². The summed E-state index contributed by atoms with van der Waals surface area (Å²) in [7, 11) is -2.16. The monoisotopic (exact) mass is 404 g/mol. The topological polar surface area (TPSA) is 79.5 Å². The van der Waals surface area contributed by atoms with Crippen LogP contribution in [0.25, 0.3) is 10.9 Å². The highest BCUT2D eigenvalue weighted by Crippen LogP contribution is 2.37. The summed E-state index contributed by atoms with van der Waals surface area (Å²) in [4.78, 5) is 15.5. The highest BCUT2D eigenvalue weighted by Gasteiger charge is 2.44. The van der Waals surface area contributed by atoms with Crippen LogP contribution in [0.2, 0.25) is 0 Å². The van der Waals surface area contributed by atoms with E-state index in [1.54, 1.807) is 4.31 Å². The quantitative estimate of drug-likeness (QED) is 0.792. The van der Waals surface area contributed by atoms with Crippen molar-refractivity contribution in [3.05, 3.63) is 36.0 Å². The van der Waals surface area contributed by atoms with Gasteiger partial charge in [0, 0.05) is 30.2 Å². The second kappa shape index (κ2) is 7.87. The first-order chi connectivity index (χ1) is 13.5. The van der Waals surface area contributed by atoms with E-state index in [0.717, 1.165) is 31.2 Å². The van der Waals surface area contributed by atoms with Gasteiger partial charge in [-0.3, -0.25) is 4.79 Å². The number of piperidine rings is 1. The van der Waals surface area contributed by atoms with Gasteiger partial charge >= 0.3 is 5.97 Å². The van der Waals surface area contributed by atoms with Gasteiger partial charge in [0.15, 0.2) is 0 Å². The summed E-state index contributed by atoms with van der Waals surface area (Å²) in [5.74, 6) is -0.567. The van der Waals surface area contributed by atoms with Gasteiger partial charge in [0.05, 0.1) is 18.3 Å². The van der Waals surface area contributed by atoms with Crippen molar-refractivity contribution >= 4 is 26.9 Å². The molecule has 152 valence electrons. The number of ether oxygens (including phenoxy) is 1. The molecule has 1 aliphatic heterocycles. The minimum atomic E-state index is -3.50. The molecule has 2 aliphatic rings. The van der Waals surface area contributed by atoms with Crippen LogP contribution in [0.15, 0.2) is 30.5 Å². The van der Waals surface area contributed by atoms with Gasteiger partial charge < -0.3 is 9.72 Å². The van der Waals surface area contributed by atoms with Crippen molar-refractivity contribution in [3.8, 4) is 0 Å². The molecule has 1 aromatic heterocycles. The van der Waals surface area contributed by atoms with Gasteiger partial charge in [-0.1, -0.05) is 31.0 Å². The number of carbonyl (C=O) groups is 1. The number of para-hydroxylation sites is 1. The fraction of sp³-hybridized carbons (Fsp3) is 0.571. The smallest absolute Gasteiger partial charge is 0.310 e. The summed E-state index contributed by atoms with van der Waals surface area (Å²) in [5, 5.41) is 0.584. The summed E-state index contributed by atoms with van der Waals surface area (Å²) in [6.45, 7) is 1.02. The maximum Gasteiger partial charge on any atom is 0.310 e. The van der Waals surface area contributed by atoms with Crippen molar-refractivity contribution in [3.63, 3.8) is 0 Å². The van der Waals surface area contributed by atoms with E-state index < -0.39 is 21.2 Å². The minimum absolute atomic E-state index is 0.352. The van der Waals surface area contributed by atoms with Gasteiger partial charge in [0.1, 0.15) is 0 Å². The molecule has 1 N–H and O–H groups in total. The Bertz CT molecular complexity index is 944. The van der Waals surface area contributed by atoms with Gasteiger partial charge in [-0.15, -0.1) is 0 Å². The molecule has 2 heterocycles. The average molecular weight is 405 g/mol. The molecule has 0 unspecified atom stereocenters. The number of esters is 1. The van der Waals surface area contributed by atoms with Gasteiger partial charge in [-0.25, -0.2) is 12.7 Å². The van der Waals surface area contributed by atoms with Crippen LogP contribution in [0.4, 0.5) is 0 Å². The Morgan fingerprint density at radius 3 is 2.57 bits per heavy atom. The highest BCUT2D eigenvalue weighted by atomic mass is 32.2. The number of hydrogen-bond acceptors (Lipinski definition) is 4. The van der Waals surface area contributed by atoms with Gasteiger partial charge in [-0.2, -0.15) is 0 Å². The summed E-state index contributed by atoms with van der Waals surface area (Å²) < 4.78 is 33.1. The third kappa shape index (κ3) is 3.46. The zero-order valence-electron chi connectivity index (χ0n) is 16.3. The molecule has 0 radical (unpaired) electrons. The first-order valence-electron chi connectivity index (χ1n) is 10.1. The number of hydrogen-bond donors (Lipinski definition) is 1. The number of benzene rings is 1. The van der Waals surface area contributed by atoms with Crippen LogP contribution < -0.4 is 0 Å². The standard InChI is InChI=1S/C21H28N2O4S/c1-27-21(24)17-7-3-5-9-20(17)28(25,26)23-12-10-15(11-13-23)18-14-22-19-8-4-2-6-16(18)19/h2,4,6,8,14-15,17,20,22H,3,5,7,9-13H2,1H3/t17-,20+/m1/s1. The maximum absolute atomic E-state index is 13.3. The molecule has 7 heteroatoms. The minimum Gasteiger partial charge on any atom is -0.469 e. The Labute approximate surface area is 166 Å². The number of sulfonamides is 1. The molecule has 1 saturated carbocycles. The van der Waals surface area contributed by atoms with Crippen LogP contribution >= 0.6 is 0 Å².